The van der Waals surface area contributed by atoms with Gasteiger partial charge in [0.2, 0.25) is 0 Å². The molecule has 0 amide bonds. The standard InChI is InChI=1S/C8H6F2OS/c9-8(10,7(11)12)6-4-2-1-3-5-6/h1-5H,(H,11,12). The molecule has 0 aliphatic rings. The molecule has 0 fully saturated rings. The quantitative estimate of drug-likeness (QED) is 0.704. The van der Waals surface area contributed by atoms with Crippen molar-refractivity contribution in [2.24, 2.45) is 0 Å². The molecule has 1 aromatic rings. The van der Waals surface area contributed by atoms with Crippen LogP contribution in [-0.4, -0.2) is 5.12 Å². The Morgan fingerprint density at radius 3 is 2.17 bits per heavy atom. The summed E-state index contributed by atoms with van der Waals surface area (Å²) in [7, 11) is 0. The largest absolute Gasteiger partial charge is 0.340 e. The summed E-state index contributed by atoms with van der Waals surface area (Å²) in [4.78, 5) is 10.4. The maximum absolute atomic E-state index is 12.9. The molecule has 0 N–H and O–H groups in total. The fourth-order valence-electron chi connectivity index (χ4n) is 0.771. The van der Waals surface area contributed by atoms with E-state index < -0.39 is 11.0 Å². The number of benzene rings is 1. The Bertz CT molecular complexity index is 284. The van der Waals surface area contributed by atoms with Gasteiger partial charge in [0, 0.05) is 5.56 Å². The third-order valence-electron chi connectivity index (χ3n) is 1.40. The molecule has 0 spiro atoms. The fraction of sp³-hybridized carbons (Fsp3) is 0.125. The Morgan fingerprint density at radius 2 is 1.75 bits per heavy atom. The monoisotopic (exact) mass is 188 g/mol. The van der Waals surface area contributed by atoms with Crippen LogP contribution in [0.1, 0.15) is 5.56 Å². The normalized spacial score (nSPS) is 11.2. The highest BCUT2D eigenvalue weighted by molar-refractivity contribution is 7.96. The minimum atomic E-state index is -3.48. The first kappa shape index (κ1) is 9.19. The van der Waals surface area contributed by atoms with Crippen molar-refractivity contribution in [1.82, 2.24) is 0 Å². The number of hydrogen-bond donors (Lipinski definition) is 1. The third-order valence-corrected chi connectivity index (χ3v) is 1.69. The molecule has 0 aromatic heterocycles. The van der Waals surface area contributed by atoms with Crippen molar-refractivity contribution in [2.75, 3.05) is 0 Å². The van der Waals surface area contributed by atoms with Crippen LogP contribution in [0.4, 0.5) is 8.78 Å². The number of carbonyl (C=O) groups is 1. The maximum Gasteiger partial charge on any atom is 0.340 e. The summed E-state index contributed by atoms with van der Waals surface area (Å²) >= 11 is 3.10. The predicted molar refractivity (Wildman–Crippen MR) is 44.3 cm³/mol. The highest BCUT2D eigenvalue weighted by atomic mass is 32.1. The molecule has 0 saturated carbocycles. The molecule has 1 aromatic carbocycles. The van der Waals surface area contributed by atoms with Crippen molar-refractivity contribution in [1.29, 1.82) is 0 Å². The number of hydrogen-bond acceptors (Lipinski definition) is 1. The molecular weight excluding hydrogens is 182 g/mol. The SMILES string of the molecule is O=C(S)C(F)(F)c1ccccc1. The van der Waals surface area contributed by atoms with Crippen molar-refractivity contribution in [3.05, 3.63) is 35.9 Å². The highest BCUT2D eigenvalue weighted by Crippen LogP contribution is 2.29. The Hall–Kier alpha value is -0.900. The van der Waals surface area contributed by atoms with Crippen molar-refractivity contribution >= 4 is 17.7 Å². The fourth-order valence-corrected chi connectivity index (χ4v) is 0.900. The molecule has 1 rings (SSSR count). The van der Waals surface area contributed by atoms with Gasteiger partial charge >= 0.3 is 5.92 Å². The lowest BCUT2D eigenvalue weighted by Crippen LogP contribution is -2.20. The van der Waals surface area contributed by atoms with E-state index in [9.17, 15) is 13.6 Å². The molecule has 0 atom stereocenters. The van der Waals surface area contributed by atoms with Gasteiger partial charge in [0.1, 0.15) is 0 Å². The van der Waals surface area contributed by atoms with Crippen LogP contribution < -0.4 is 0 Å². The van der Waals surface area contributed by atoms with Crippen LogP contribution in [0.3, 0.4) is 0 Å². The van der Waals surface area contributed by atoms with Gasteiger partial charge in [-0.2, -0.15) is 8.78 Å². The molecule has 64 valence electrons. The molecule has 0 saturated heterocycles. The second kappa shape index (κ2) is 3.23. The summed E-state index contributed by atoms with van der Waals surface area (Å²) in [6.07, 6.45) is 0. The summed E-state index contributed by atoms with van der Waals surface area (Å²) in [6.45, 7) is 0. The molecular formula is C8H6F2OS. The van der Waals surface area contributed by atoms with Crippen molar-refractivity contribution < 1.29 is 13.6 Å². The molecule has 4 heteroatoms. The molecule has 12 heavy (non-hydrogen) atoms. The summed E-state index contributed by atoms with van der Waals surface area (Å²) in [5.41, 5.74) is -0.329. The van der Waals surface area contributed by atoms with E-state index in [1.165, 1.54) is 24.3 Å². The average molecular weight is 188 g/mol. The van der Waals surface area contributed by atoms with Gasteiger partial charge in [-0.15, -0.1) is 0 Å². The number of thiol groups is 1. The highest BCUT2D eigenvalue weighted by Gasteiger charge is 2.37. The van der Waals surface area contributed by atoms with Gasteiger partial charge in [-0.25, -0.2) is 0 Å². The summed E-state index contributed by atoms with van der Waals surface area (Å²) in [5, 5.41) is -1.44. The zero-order chi connectivity index (χ0) is 9.19. The Labute approximate surface area is 73.8 Å². The summed E-state index contributed by atoms with van der Waals surface area (Å²) < 4.78 is 25.7. The summed E-state index contributed by atoms with van der Waals surface area (Å²) in [5.74, 6) is -3.48. The van der Waals surface area contributed by atoms with Gasteiger partial charge in [-0.1, -0.05) is 43.0 Å². The van der Waals surface area contributed by atoms with Crippen LogP contribution >= 0.6 is 12.6 Å². The van der Waals surface area contributed by atoms with E-state index in [1.54, 1.807) is 6.07 Å². The topological polar surface area (TPSA) is 17.1 Å². The van der Waals surface area contributed by atoms with E-state index in [-0.39, 0.29) is 5.56 Å². The van der Waals surface area contributed by atoms with E-state index in [0.717, 1.165) is 0 Å². The second-order valence-corrected chi connectivity index (χ2v) is 2.65. The zero-order valence-corrected chi connectivity index (χ0v) is 6.89. The third kappa shape index (κ3) is 1.64. The Balaban J connectivity index is 3.06. The first-order chi connectivity index (χ1) is 5.55. The smallest absolute Gasteiger partial charge is 0.280 e. The van der Waals surface area contributed by atoms with E-state index in [2.05, 4.69) is 12.6 Å². The van der Waals surface area contributed by atoms with Gasteiger partial charge in [0.15, 0.2) is 0 Å². The van der Waals surface area contributed by atoms with Crippen LogP contribution in [0.25, 0.3) is 0 Å². The van der Waals surface area contributed by atoms with Crippen molar-refractivity contribution in [3.8, 4) is 0 Å². The van der Waals surface area contributed by atoms with Crippen LogP contribution in [0.15, 0.2) is 30.3 Å². The van der Waals surface area contributed by atoms with Crippen LogP contribution in [-0.2, 0) is 10.7 Å². The van der Waals surface area contributed by atoms with E-state index in [4.69, 9.17) is 0 Å². The number of carbonyl (C=O) groups excluding carboxylic acids is 1. The molecule has 0 heterocycles. The lowest BCUT2D eigenvalue weighted by Gasteiger charge is -2.11. The summed E-state index contributed by atoms with van der Waals surface area (Å²) in [6, 6.07) is 6.87. The molecule has 0 aliphatic carbocycles. The average Bonchev–Trinajstić information content (AvgIpc) is 2.06. The maximum atomic E-state index is 12.9. The molecule has 0 unspecified atom stereocenters. The Kier molecular flexibility index (Phi) is 2.47. The number of halogens is 2. The predicted octanol–water partition coefficient (Wildman–Crippen LogP) is 2.23. The van der Waals surface area contributed by atoms with Crippen molar-refractivity contribution in [2.45, 2.75) is 5.92 Å². The van der Waals surface area contributed by atoms with Crippen LogP contribution in [0, 0.1) is 0 Å². The number of alkyl halides is 2. The number of rotatable bonds is 2. The zero-order valence-electron chi connectivity index (χ0n) is 6.00. The van der Waals surface area contributed by atoms with Crippen molar-refractivity contribution in [3.63, 3.8) is 0 Å². The van der Waals surface area contributed by atoms with E-state index >= 15 is 0 Å². The minimum Gasteiger partial charge on any atom is -0.280 e. The lowest BCUT2D eigenvalue weighted by molar-refractivity contribution is -0.134. The first-order valence-electron chi connectivity index (χ1n) is 3.22. The molecule has 0 bridgehead atoms. The van der Waals surface area contributed by atoms with E-state index in [1.807, 2.05) is 0 Å². The molecule has 1 nitrogen and oxygen atoms in total. The van der Waals surface area contributed by atoms with Gasteiger partial charge < -0.3 is 0 Å². The van der Waals surface area contributed by atoms with Crippen LogP contribution in [0.5, 0.6) is 0 Å². The van der Waals surface area contributed by atoms with Gasteiger partial charge in [-0.3, -0.25) is 4.79 Å². The van der Waals surface area contributed by atoms with Gasteiger partial charge in [0.25, 0.3) is 5.12 Å². The lowest BCUT2D eigenvalue weighted by atomic mass is 10.1. The molecule has 0 aliphatic heterocycles. The molecule has 0 radical (unpaired) electrons. The minimum absolute atomic E-state index is 0.329. The van der Waals surface area contributed by atoms with Crippen LogP contribution in [0.2, 0.25) is 0 Å². The van der Waals surface area contributed by atoms with E-state index in [0.29, 0.717) is 0 Å². The second-order valence-electron chi connectivity index (χ2n) is 2.25. The van der Waals surface area contributed by atoms with Gasteiger partial charge in [0.05, 0.1) is 0 Å². The first-order valence-corrected chi connectivity index (χ1v) is 3.66. The Morgan fingerprint density at radius 1 is 1.25 bits per heavy atom. The van der Waals surface area contributed by atoms with Gasteiger partial charge in [-0.05, 0) is 0 Å².